The Morgan fingerprint density at radius 3 is 2.69 bits per heavy atom. The van der Waals surface area contributed by atoms with E-state index in [-0.39, 0.29) is 5.56 Å². The molecule has 7 heteroatoms. The molecular weight excluding hydrogens is 348 g/mol. The quantitative estimate of drug-likeness (QED) is 0.823. The maximum Gasteiger partial charge on any atom is 0.259 e. The van der Waals surface area contributed by atoms with Crippen molar-refractivity contribution in [1.29, 1.82) is 0 Å². The van der Waals surface area contributed by atoms with Crippen molar-refractivity contribution in [2.45, 2.75) is 19.3 Å². The van der Waals surface area contributed by atoms with Crippen LogP contribution in [0.5, 0.6) is 0 Å². The molecule has 2 aromatic heterocycles. The summed E-state index contributed by atoms with van der Waals surface area (Å²) in [5.41, 5.74) is 0.626. The van der Waals surface area contributed by atoms with Crippen LogP contribution in [-0.4, -0.2) is 57.9 Å². The van der Waals surface area contributed by atoms with E-state index in [0.717, 1.165) is 56.3 Å². The number of pyridine rings is 1. The van der Waals surface area contributed by atoms with Gasteiger partial charge in [-0.05, 0) is 30.9 Å². The van der Waals surface area contributed by atoms with Crippen molar-refractivity contribution in [3.63, 3.8) is 0 Å². The second-order valence-electron chi connectivity index (χ2n) is 7.01. The van der Waals surface area contributed by atoms with Gasteiger partial charge in [0, 0.05) is 56.4 Å². The molecule has 1 amide bonds. The first-order valence-corrected chi connectivity index (χ1v) is 10.4. The summed E-state index contributed by atoms with van der Waals surface area (Å²) in [6.07, 6.45) is 4.35. The topological polar surface area (TPSA) is 57.9 Å². The summed E-state index contributed by atoms with van der Waals surface area (Å²) in [6, 6.07) is 7.19. The molecule has 0 bridgehead atoms. The lowest BCUT2D eigenvalue weighted by atomic mass is 9.93. The van der Waals surface area contributed by atoms with Gasteiger partial charge in [0.25, 0.3) is 5.56 Å². The van der Waals surface area contributed by atoms with Crippen molar-refractivity contribution in [2.24, 2.45) is 5.92 Å². The van der Waals surface area contributed by atoms with Gasteiger partial charge in [-0.25, -0.2) is 4.98 Å². The van der Waals surface area contributed by atoms with E-state index in [9.17, 15) is 9.59 Å². The fraction of sp³-hybridized carbons (Fsp3) is 0.526. The fourth-order valence-corrected chi connectivity index (χ4v) is 4.66. The van der Waals surface area contributed by atoms with Crippen LogP contribution in [0.3, 0.4) is 0 Å². The average molecular weight is 372 g/mol. The van der Waals surface area contributed by atoms with Crippen molar-refractivity contribution in [2.75, 3.05) is 42.6 Å². The molecule has 138 valence electrons. The molecule has 4 rings (SSSR count). The van der Waals surface area contributed by atoms with Crippen molar-refractivity contribution >= 4 is 29.1 Å². The van der Waals surface area contributed by atoms with Crippen LogP contribution in [0.1, 0.15) is 19.3 Å². The molecule has 4 heterocycles. The molecule has 6 nitrogen and oxygen atoms in total. The maximum absolute atomic E-state index is 12.5. The number of aromatic nitrogens is 2. The predicted molar refractivity (Wildman–Crippen MR) is 105 cm³/mol. The average Bonchev–Trinajstić information content (AvgIpc) is 2.69. The monoisotopic (exact) mass is 372 g/mol. The van der Waals surface area contributed by atoms with Crippen LogP contribution in [0.15, 0.2) is 35.3 Å². The number of fused-ring (bicyclic) bond motifs is 1. The van der Waals surface area contributed by atoms with Crippen LogP contribution in [-0.2, 0) is 4.79 Å². The molecule has 0 atom stereocenters. The molecule has 0 unspecified atom stereocenters. The molecule has 0 aliphatic carbocycles. The smallest absolute Gasteiger partial charge is 0.259 e. The largest absolute Gasteiger partial charge is 0.356 e. The lowest BCUT2D eigenvalue weighted by Crippen LogP contribution is -2.41. The zero-order chi connectivity index (χ0) is 17.9. The minimum atomic E-state index is -0.0501. The van der Waals surface area contributed by atoms with Gasteiger partial charge in [-0.1, -0.05) is 6.07 Å². The highest BCUT2D eigenvalue weighted by Crippen LogP contribution is 2.25. The Morgan fingerprint density at radius 2 is 1.92 bits per heavy atom. The Balaban J connectivity index is 1.37. The number of hydrogen-bond donors (Lipinski definition) is 0. The van der Waals surface area contributed by atoms with Gasteiger partial charge in [-0.2, -0.15) is 11.8 Å². The first-order chi connectivity index (χ1) is 12.7. The minimum Gasteiger partial charge on any atom is -0.356 e. The maximum atomic E-state index is 12.5. The van der Waals surface area contributed by atoms with Gasteiger partial charge in [-0.15, -0.1) is 0 Å². The molecule has 2 fully saturated rings. The number of anilines is 1. The van der Waals surface area contributed by atoms with E-state index in [1.165, 1.54) is 0 Å². The van der Waals surface area contributed by atoms with Gasteiger partial charge in [0.15, 0.2) is 0 Å². The van der Waals surface area contributed by atoms with Crippen molar-refractivity contribution in [3.05, 3.63) is 40.8 Å². The minimum absolute atomic E-state index is 0.0501. The normalized spacial score (nSPS) is 19.1. The summed E-state index contributed by atoms with van der Waals surface area (Å²) in [5, 5.41) is 0. The van der Waals surface area contributed by atoms with Gasteiger partial charge < -0.3 is 9.80 Å². The highest BCUT2D eigenvalue weighted by atomic mass is 32.2. The summed E-state index contributed by atoms with van der Waals surface area (Å²) in [5.74, 6) is 3.63. The third-order valence-corrected chi connectivity index (χ3v) is 6.27. The Labute approximate surface area is 157 Å². The molecule has 0 saturated carbocycles. The van der Waals surface area contributed by atoms with Gasteiger partial charge in [-0.3, -0.25) is 14.0 Å². The third-order valence-electron chi connectivity index (χ3n) is 5.32. The van der Waals surface area contributed by atoms with Crippen LogP contribution >= 0.6 is 11.8 Å². The summed E-state index contributed by atoms with van der Waals surface area (Å²) < 4.78 is 1.56. The second-order valence-corrected chi connectivity index (χ2v) is 8.23. The number of nitrogens with zero attached hydrogens (tertiary/aromatic N) is 4. The van der Waals surface area contributed by atoms with Crippen molar-refractivity contribution in [3.8, 4) is 0 Å². The number of carbonyl (C=O) groups is 1. The molecule has 0 N–H and O–H groups in total. The van der Waals surface area contributed by atoms with Crippen molar-refractivity contribution in [1.82, 2.24) is 14.3 Å². The number of hydrogen-bond acceptors (Lipinski definition) is 5. The Bertz CT molecular complexity index is 839. The highest BCUT2D eigenvalue weighted by molar-refractivity contribution is 7.99. The van der Waals surface area contributed by atoms with Gasteiger partial charge in [0.05, 0.1) is 0 Å². The molecule has 2 aliphatic rings. The summed E-state index contributed by atoms with van der Waals surface area (Å²) >= 11 is 1.93. The number of piperidine rings is 1. The molecular formula is C19H24N4O2S. The van der Waals surface area contributed by atoms with E-state index in [1.54, 1.807) is 16.7 Å². The molecule has 2 aliphatic heterocycles. The molecule has 0 aromatic carbocycles. The number of amides is 1. The van der Waals surface area contributed by atoms with E-state index in [4.69, 9.17) is 0 Å². The Hall–Kier alpha value is -2.02. The Morgan fingerprint density at radius 1 is 1.15 bits per heavy atom. The van der Waals surface area contributed by atoms with Crippen LogP contribution in [0, 0.1) is 5.92 Å². The summed E-state index contributed by atoms with van der Waals surface area (Å²) in [6.45, 7) is 3.49. The molecule has 2 saturated heterocycles. The summed E-state index contributed by atoms with van der Waals surface area (Å²) in [4.78, 5) is 33.6. The van der Waals surface area contributed by atoms with Crippen LogP contribution < -0.4 is 10.5 Å². The highest BCUT2D eigenvalue weighted by Gasteiger charge is 2.25. The van der Waals surface area contributed by atoms with E-state index < -0.39 is 0 Å². The lowest BCUT2D eigenvalue weighted by molar-refractivity contribution is -0.132. The van der Waals surface area contributed by atoms with Gasteiger partial charge in [0.1, 0.15) is 11.5 Å². The lowest BCUT2D eigenvalue weighted by Gasteiger charge is -2.34. The second kappa shape index (κ2) is 7.70. The zero-order valence-corrected chi connectivity index (χ0v) is 15.7. The predicted octanol–water partition coefficient (Wildman–Crippen LogP) is 1.88. The standard InChI is InChI=1S/C19H24N4O2S/c24-18(22-9-11-26-12-10-22)13-15-4-7-21(8-5-15)17-14-19(25)23-6-2-1-3-16(23)20-17/h1-3,6,14-15H,4-5,7-13H2. The molecule has 0 radical (unpaired) electrons. The Kier molecular flexibility index (Phi) is 5.15. The van der Waals surface area contributed by atoms with E-state index >= 15 is 0 Å². The number of thioether (sulfide) groups is 1. The molecule has 0 spiro atoms. The van der Waals surface area contributed by atoms with Crippen LogP contribution in [0.25, 0.3) is 5.65 Å². The first-order valence-electron chi connectivity index (χ1n) is 9.29. The fourth-order valence-electron chi connectivity index (χ4n) is 3.76. The number of carbonyl (C=O) groups excluding carboxylic acids is 1. The third kappa shape index (κ3) is 3.72. The first kappa shape index (κ1) is 17.4. The van der Waals surface area contributed by atoms with E-state index in [2.05, 4.69) is 9.88 Å². The molecule has 26 heavy (non-hydrogen) atoms. The van der Waals surface area contributed by atoms with Crippen molar-refractivity contribution < 1.29 is 4.79 Å². The van der Waals surface area contributed by atoms with Crippen LogP contribution in [0.2, 0.25) is 0 Å². The molecule has 2 aromatic rings. The zero-order valence-electron chi connectivity index (χ0n) is 14.8. The van der Waals surface area contributed by atoms with Gasteiger partial charge >= 0.3 is 0 Å². The number of rotatable bonds is 3. The SMILES string of the molecule is O=C(CC1CCN(c2cc(=O)n3ccccc3n2)CC1)N1CCSCC1. The summed E-state index contributed by atoms with van der Waals surface area (Å²) in [7, 11) is 0. The van der Waals surface area contributed by atoms with Crippen LogP contribution in [0.4, 0.5) is 5.82 Å². The van der Waals surface area contributed by atoms with Gasteiger partial charge in [0.2, 0.25) is 5.91 Å². The van der Waals surface area contributed by atoms with E-state index in [0.29, 0.717) is 23.9 Å². The van der Waals surface area contributed by atoms with E-state index in [1.807, 2.05) is 34.9 Å².